The van der Waals surface area contributed by atoms with Gasteiger partial charge in [0, 0.05) is 6.54 Å². The first-order valence-corrected chi connectivity index (χ1v) is 7.46. The van der Waals surface area contributed by atoms with Gasteiger partial charge < -0.3 is 10.2 Å². The molecular weight excluding hydrogens is 292 g/mol. The van der Waals surface area contributed by atoms with Gasteiger partial charge in [0.1, 0.15) is 0 Å². The molecule has 1 aromatic rings. The number of likely N-dealkylation sites (N-methyl/N-ethyl adjacent to an activating group) is 1. The summed E-state index contributed by atoms with van der Waals surface area (Å²) < 4.78 is 3.27. The molecule has 1 N–H and O–H groups in total. The van der Waals surface area contributed by atoms with Crippen LogP contribution in [0.1, 0.15) is 31.5 Å². The van der Waals surface area contributed by atoms with Crippen LogP contribution in [0.25, 0.3) is 0 Å². The first-order valence-electron chi connectivity index (χ1n) is 6.67. The fourth-order valence-corrected chi connectivity index (χ4v) is 3.08. The van der Waals surface area contributed by atoms with Crippen molar-refractivity contribution in [3.8, 4) is 0 Å². The second-order valence-corrected chi connectivity index (χ2v) is 6.39. The normalized spacial score (nSPS) is 24.7. The van der Waals surface area contributed by atoms with E-state index in [0.29, 0.717) is 6.04 Å². The zero-order valence-corrected chi connectivity index (χ0v) is 13.1. The Hall–Kier alpha value is -0.390. The highest BCUT2D eigenvalue weighted by molar-refractivity contribution is 9.10. The zero-order valence-electron chi connectivity index (χ0n) is 11.5. The minimum absolute atomic E-state index is 0.438. The van der Waals surface area contributed by atoms with Crippen molar-refractivity contribution >= 4 is 15.9 Å². The molecule has 0 radical (unpaired) electrons. The maximum Gasteiger partial charge on any atom is 0.0696 e. The summed E-state index contributed by atoms with van der Waals surface area (Å²) in [6.45, 7) is 5.41. The number of rotatable bonds is 4. The number of hydrogen-bond donors (Lipinski definition) is 1. The standard InChI is InChI=1S/C13H23BrN4/c1-10-4-5-15-12(8-10)13-11(14)9-16-18(13)7-6-17(2)3/h9-10,12,15H,4-8H2,1-3H3. The van der Waals surface area contributed by atoms with Crippen molar-refractivity contribution in [1.29, 1.82) is 0 Å². The van der Waals surface area contributed by atoms with Gasteiger partial charge in [0.2, 0.25) is 0 Å². The van der Waals surface area contributed by atoms with Crippen molar-refractivity contribution in [2.45, 2.75) is 32.4 Å². The molecule has 0 amide bonds. The number of hydrogen-bond acceptors (Lipinski definition) is 3. The number of nitrogens with one attached hydrogen (secondary N) is 1. The Kier molecular flexibility index (Phi) is 4.81. The molecule has 1 aliphatic heterocycles. The SMILES string of the molecule is CC1CCNC(c2c(Br)cnn2CCN(C)C)C1. The van der Waals surface area contributed by atoms with Crippen LogP contribution in [0, 0.1) is 5.92 Å². The van der Waals surface area contributed by atoms with E-state index >= 15 is 0 Å². The Balaban J connectivity index is 2.12. The van der Waals surface area contributed by atoms with Crippen molar-refractivity contribution < 1.29 is 0 Å². The molecule has 5 heteroatoms. The predicted molar refractivity (Wildman–Crippen MR) is 77.6 cm³/mol. The predicted octanol–water partition coefficient (Wildman–Crippen LogP) is 2.27. The van der Waals surface area contributed by atoms with Crippen LogP contribution in [0.3, 0.4) is 0 Å². The van der Waals surface area contributed by atoms with Crippen molar-refractivity contribution in [2.75, 3.05) is 27.2 Å². The zero-order chi connectivity index (χ0) is 13.1. The van der Waals surface area contributed by atoms with E-state index in [-0.39, 0.29) is 0 Å². The lowest BCUT2D eigenvalue weighted by Gasteiger charge is -2.29. The largest absolute Gasteiger partial charge is 0.309 e. The van der Waals surface area contributed by atoms with E-state index in [1.54, 1.807) is 0 Å². The molecule has 2 atom stereocenters. The monoisotopic (exact) mass is 314 g/mol. The molecule has 102 valence electrons. The molecule has 4 nitrogen and oxygen atoms in total. The summed E-state index contributed by atoms with van der Waals surface area (Å²) in [6.07, 6.45) is 4.40. The van der Waals surface area contributed by atoms with Gasteiger partial charge in [0.25, 0.3) is 0 Å². The first-order chi connectivity index (χ1) is 8.58. The highest BCUT2D eigenvalue weighted by atomic mass is 79.9. The molecule has 2 heterocycles. The van der Waals surface area contributed by atoms with Gasteiger partial charge in [-0.15, -0.1) is 0 Å². The Labute approximate surface area is 118 Å². The summed E-state index contributed by atoms with van der Waals surface area (Å²) in [5.74, 6) is 0.792. The Bertz CT molecular complexity index is 388. The maximum atomic E-state index is 4.49. The van der Waals surface area contributed by atoms with Gasteiger partial charge in [0.05, 0.1) is 29.0 Å². The molecule has 0 aliphatic carbocycles. The first kappa shape index (κ1) is 14.0. The van der Waals surface area contributed by atoms with E-state index in [1.807, 2.05) is 6.20 Å². The van der Waals surface area contributed by atoms with Gasteiger partial charge in [-0.05, 0) is 55.3 Å². The molecule has 1 aliphatic rings. The van der Waals surface area contributed by atoms with Crippen molar-refractivity contribution in [1.82, 2.24) is 20.0 Å². The smallest absolute Gasteiger partial charge is 0.0696 e. The van der Waals surface area contributed by atoms with E-state index < -0.39 is 0 Å². The highest BCUT2D eigenvalue weighted by Crippen LogP contribution is 2.31. The van der Waals surface area contributed by atoms with Gasteiger partial charge in [-0.1, -0.05) is 6.92 Å². The highest BCUT2D eigenvalue weighted by Gasteiger charge is 2.25. The Morgan fingerprint density at radius 2 is 2.33 bits per heavy atom. The van der Waals surface area contributed by atoms with E-state index in [9.17, 15) is 0 Å². The third-order valence-corrected chi connectivity index (χ3v) is 4.20. The molecular formula is C13H23BrN4. The molecule has 1 aromatic heterocycles. The fourth-order valence-electron chi connectivity index (χ4n) is 2.51. The van der Waals surface area contributed by atoms with Crippen LogP contribution in [-0.2, 0) is 6.54 Å². The average Bonchev–Trinajstić information content (AvgIpc) is 2.68. The summed E-state index contributed by atoms with van der Waals surface area (Å²) in [5.41, 5.74) is 1.31. The molecule has 1 fully saturated rings. The Morgan fingerprint density at radius 1 is 1.56 bits per heavy atom. The number of nitrogens with zero attached hydrogens (tertiary/aromatic N) is 3. The average molecular weight is 315 g/mol. The number of halogens is 1. The van der Waals surface area contributed by atoms with Crippen molar-refractivity contribution in [3.05, 3.63) is 16.4 Å². The summed E-state index contributed by atoms with van der Waals surface area (Å²) in [6, 6.07) is 0.438. The second-order valence-electron chi connectivity index (χ2n) is 5.54. The summed E-state index contributed by atoms with van der Waals surface area (Å²) in [4.78, 5) is 2.19. The molecule has 2 rings (SSSR count). The van der Waals surface area contributed by atoms with Crippen molar-refractivity contribution in [3.63, 3.8) is 0 Å². The lowest BCUT2D eigenvalue weighted by atomic mass is 9.92. The van der Waals surface area contributed by atoms with Gasteiger partial charge in [-0.25, -0.2) is 0 Å². The van der Waals surface area contributed by atoms with E-state index in [2.05, 4.69) is 56.9 Å². The van der Waals surface area contributed by atoms with Gasteiger partial charge in [0.15, 0.2) is 0 Å². The number of piperidine rings is 1. The van der Waals surface area contributed by atoms with Crippen LogP contribution in [0.5, 0.6) is 0 Å². The molecule has 0 spiro atoms. The lowest BCUT2D eigenvalue weighted by Crippen LogP contribution is -2.33. The van der Waals surface area contributed by atoms with Gasteiger partial charge in [-0.3, -0.25) is 4.68 Å². The lowest BCUT2D eigenvalue weighted by molar-refractivity contribution is 0.303. The number of aromatic nitrogens is 2. The van der Waals surface area contributed by atoms with Crippen LogP contribution in [0.2, 0.25) is 0 Å². The van der Waals surface area contributed by atoms with E-state index in [0.717, 1.165) is 30.0 Å². The van der Waals surface area contributed by atoms with Crippen LogP contribution in [-0.4, -0.2) is 41.9 Å². The molecule has 2 unspecified atom stereocenters. The second kappa shape index (κ2) is 6.17. The van der Waals surface area contributed by atoms with Gasteiger partial charge in [-0.2, -0.15) is 5.10 Å². The third-order valence-electron chi connectivity index (χ3n) is 3.59. The summed E-state index contributed by atoms with van der Waals surface area (Å²) >= 11 is 3.64. The molecule has 0 aromatic carbocycles. The molecule has 18 heavy (non-hydrogen) atoms. The fraction of sp³-hybridized carbons (Fsp3) is 0.769. The topological polar surface area (TPSA) is 33.1 Å². The van der Waals surface area contributed by atoms with E-state index in [1.165, 1.54) is 18.5 Å². The minimum Gasteiger partial charge on any atom is -0.309 e. The summed E-state index contributed by atoms with van der Waals surface area (Å²) in [5, 5.41) is 8.11. The van der Waals surface area contributed by atoms with Crippen LogP contribution < -0.4 is 5.32 Å². The van der Waals surface area contributed by atoms with Crippen LogP contribution >= 0.6 is 15.9 Å². The quantitative estimate of drug-likeness (QED) is 0.925. The molecule has 0 bridgehead atoms. The Morgan fingerprint density at radius 3 is 3.00 bits per heavy atom. The van der Waals surface area contributed by atoms with Crippen LogP contribution in [0.15, 0.2) is 10.7 Å². The third kappa shape index (κ3) is 3.33. The van der Waals surface area contributed by atoms with Gasteiger partial charge >= 0.3 is 0 Å². The van der Waals surface area contributed by atoms with Crippen LogP contribution in [0.4, 0.5) is 0 Å². The molecule has 0 saturated carbocycles. The van der Waals surface area contributed by atoms with Crippen molar-refractivity contribution in [2.24, 2.45) is 5.92 Å². The molecule has 1 saturated heterocycles. The van der Waals surface area contributed by atoms with E-state index in [4.69, 9.17) is 0 Å². The minimum atomic E-state index is 0.438. The summed E-state index contributed by atoms with van der Waals surface area (Å²) in [7, 11) is 4.19. The maximum absolute atomic E-state index is 4.49.